The molecule has 0 bridgehead atoms. The molecule has 0 saturated heterocycles. The van der Waals surface area contributed by atoms with E-state index in [-0.39, 0.29) is 6.61 Å². The lowest BCUT2D eigenvalue weighted by Crippen LogP contribution is -2.36. The van der Waals surface area contributed by atoms with Gasteiger partial charge in [-0.25, -0.2) is 9.78 Å². The summed E-state index contributed by atoms with van der Waals surface area (Å²) in [7, 11) is 1.54. The predicted molar refractivity (Wildman–Crippen MR) is 87.5 cm³/mol. The molecule has 1 atom stereocenters. The van der Waals surface area contributed by atoms with Crippen molar-refractivity contribution in [1.82, 2.24) is 10.3 Å². The van der Waals surface area contributed by atoms with E-state index in [9.17, 15) is 9.90 Å². The van der Waals surface area contributed by atoms with Crippen LogP contribution in [-0.2, 0) is 4.74 Å². The second-order valence-electron chi connectivity index (χ2n) is 6.15. The van der Waals surface area contributed by atoms with E-state index in [1.165, 1.54) is 0 Å². The van der Waals surface area contributed by atoms with E-state index < -0.39 is 17.7 Å². The summed E-state index contributed by atoms with van der Waals surface area (Å²) in [5, 5.41) is 13.3. The summed E-state index contributed by atoms with van der Waals surface area (Å²) in [4.78, 5) is 16.4. The first-order valence-electron chi connectivity index (χ1n) is 7.38. The summed E-state index contributed by atoms with van der Waals surface area (Å²) in [5.74, 6) is 0.471. The third-order valence-electron chi connectivity index (χ3n) is 3.18. The molecule has 0 radical (unpaired) electrons. The Morgan fingerprint density at radius 3 is 2.65 bits per heavy atom. The molecule has 2 aromatic rings. The molecular formula is C17H22N2O4. The summed E-state index contributed by atoms with van der Waals surface area (Å²) in [6.45, 7) is 5.08. The molecule has 1 amide bonds. The van der Waals surface area contributed by atoms with E-state index in [4.69, 9.17) is 9.47 Å². The Morgan fingerprint density at radius 2 is 2.04 bits per heavy atom. The Morgan fingerprint density at radius 1 is 1.30 bits per heavy atom. The lowest BCUT2D eigenvalue weighted by Gasteiger charge is -2.23. The number of pyridine rings is 1. The number of nitrogens with one attached hydrogen (secondary N) is 1. The average molecular weight is 318 g/mol. The molecule has 1 heterocycles. The third kappa shape index (κ3) is 4.32. The Labute approximate surface area is 135 Å². The third-order valence-corrected chi connectivity index (χ3v) is 3.18. The number of para-hydroxylation sites is 1. The molecule has 6 nitrogen and oxygen atoms in total. The lowest BCUT2D eigenvalue weighted by molar-refractivity contribution is 0.0482. The number of methoxy groups -OCH3 is 1. The van der Waals surface area contributed by atoms with Crippen LogP contribution in [0.4, 0.5) is 4.79 Å². The second-order valence-corrected chi connectivity index (χ2v) is 6.15. The van der Waals surface area contributed by atoms with Gasteiger partial charge in [-0.1, -0.05) is 18.2 Å². The molecule has 1 aromatic heterocycles. The Bertz CT molecular complexity index is 695. The highest BCUT2D eigenvalue weighted by molar-refractivity contribution is 5.83. The summed E-state index contributed by atoms with van der Waals surface area (Å²) in [5.41, 5.74) is 0.765. The number of aromatic nitrogens is 1. The normalized spacial score (nSPS) is 12.7. The van der Waals surface area contributed by atoms with Crippen molar-refractivity contribution < 1.29 is 19.4 Å². The molecule has 2 rings (SSSR count). The van der Waals surface area contributed by atoms with Crippen LogP contribution in [0.2, 0.25) is 0 Å². The number of nitrogens with zero attached hydrogens (tertiary/aromatic N) is 1. The van der Waals surface area contributed by atoms with Gasteiger partial charge in [-0.2, -0.15) is 0 Å². The maximum absolute atomic E-state index is 12.0. The quantitative estimate of drug-likeness (QED) is 0.906. The van der Waals surface area contributed by atoms with Crippen molar-refractivity contribution in [1.29, 1.82) is 0 Å². The maximum Gasteiger partial charge on any atom is 0.408 e. The Kier molecular flexibility index (Phi) is 5.05. The van der Waals surface area contributed by atoms with Gasteiger partial charge in [0.25, 0.3) is 0 Å². The molecule has 124 valence electrons. The van der Waals surface area contributed by atoms with Gasteiger partial charge in [0.05, 0.1) is 25.3 Å². The predicted octanol–water partition coefficient (Wildman–Crippen LogP) is 2.80. The van der Waals surface area contributed by atoms with Crippen LogP contribution in [0, 0.1) is 0 Å². The van der Waals surface area contributed by atoms with E-state index in [0.29, 0.717) is 17.0 Å². The molecule has 0 aliphatic carbocycles. The minimum atomic E-state index is -0.617. The van der Waals surface area contributed by atoms with Gasteiger partial charge in [-0.3, -0.25) is 0 Å². The molecule has 0 aliphatic heterocycles. The summed E-state index contributed by atoms with van der Waals surface area (Å²) < 4.78 is 10.4. The van der Waals surface area contributed by atoms with Crippen LogP contribution < -0.4 is 10.1 Å². The first-order chi connectivity index (χ1) is 10.8. The fourth-order valence-electron chi connectivity index (χ4n) is 2.22. The van der Waals surface area contributed by atoms with Crippen molar-refractivity contribution in [3.8, 4) is 5.88 Å². The molecule has 0 fully saturated rings. The van der Waals surface area contributed by atoms with Crippen LogP contribution in [0.5, 0.6) is 5.88 Å². The van der Waals surface area contributed by atoms with Gasteiger partial charge in [0, 0.05) is 17.0 Å². The van der Waals surface area contributed by atoms with E-state index in [0.717, 1.165) is 5.39 Å². The number of carbonyl (C=O) groups excluding carboxylic acids is 1. The van der Waals surface area contributed by atoms with Crippen molar-refractivity contribution in [3.05, 3.63) is 35.9 Å². The Hall–Kier alpha value is -2.34. The van der Waals surface area contributed by atoms with Crippen molar-refractivity contribution in [2.75, 3.05) is 13.7 Å². The fraction of sp³-hybridized carbons (Fsp3) is 0.412. The molecule has 6 heteroatoms. The first kappa shape index (κ1) is 17.0. The van der Waals surface area contributed by atoms with Crippen LogP contribution in [0.25, 0.3) is 10.9 Å². The minimum Gasteiger partial charge on any atom is -0.481 e. The highest BCUT2D eigenvalue weighted by Gasteiger charge is 2.21. The van der Waals surface area contributed by atoms with Crippen LogP contribution in [0.3, 0.4) is 0 Å². The molecule has 1 aromatic carbocycles. The molecular weight excluding hydrogens is 296 g/mol. The lowest BCUT2D eigenvalue weighted by atomic mass is 10.0. The largest absolute Gasteiger partial charge is 0.481 e. The summed E-state index contributed by atoms with van der Waals surface area (Å²) >= 11 is 0. The van der Waals surface area contributed by atoms with Crippen molar-refractivity contribution >= 4 is 17.0 Å². The standard InChI is InChI=1S/C17H22N2O4/c1-17(2,3)23-16(21)18-13(10-20)12-7-5-6-11-8-9-14(22-4)19-15(11)12/h5-9,13,20H,10H2,1-4H3,(H,18,21)/t13-/m1/s1. The number of aliphatic hydroxyl groups excluding tert-OH is 1. The van der Waals surface area contributed by atoms with Crippen LogP contribution >= 0.6 is 0 Å². The van der Waals surface area contributed by atoms with Gasteiger partial charge in [-0.15, -0.1) is 0 Å². The number of aliphatic hydroxyl groups is 1. The molecule has 0 saturated carbocycles. The van der Waals surface area contributed by atoms with E-state index >= 15 is 0 Å². The first-order valence-corrected chi connectivity index (χ1v) is 7.38. The zero-order chi connectivity index (χ0) is 17.0. The fourth-order valence-corrected chi connectivity index (χ4v) is 2.22. The van der Waals surface area contributed by atoms with Gasteiger partial charge in [0.2, 0.25) is 5.88 Å². The highest BCUT2D eigenvalue weighted by atomic mass is 16.6. The maximum atomic E-state index is 12.0. The molecule has 2 N–H and O–H groups in total. The Balaban J connectivity index is 2.34. The van der Waals surface area contributed by atoms with Gasteiger partial charge in [0.15, 0.2) is 0 Å². The van der Waals surface area contributed by atoms with Crippen LogP contribution in [0.15, 0.2) is 30.3 Å². The van der Waals surface area contributed by atoms with Crippen molar-refractivity contribution in [2.45, 2.75) is 32.4 Å². The van der Waals surface area contributed by atoms with E-state index in [1.807, 2.05) is 24.3 Å². The van der Waals surface area contributed by atoms with Crippen LogP contribution in [0.1, 0.15) is 32.4 Å². The highest BCUT2D eigenvalue weighted by Crippen LogP contribution is 2.25. The number of amides is 1. The second kappa shape index (κ2) is 6.83. The molecule has 0 unspecified atom stereocenters. The van der Waals surface area contributed by atoms with Gasteiger partial charge < -0.3 is 19.9 Å². The number of hydrogen-bond acceptors (Lipinski definition) is 5. The zero-order valence-electron chi connectivity index (χ0n) is 13.8. The topological polar surface area (TPSA) is 80.7 Å². The molecule has 23 heavy (non-hydrogen) atoms. The molecule has 0 spiro atoms. The number of carbonyl (C=O) groups is 1. The number of fused-ring (bicyclic) bond motifs is 1. The van der Waals surface area contributed by atoms with E-state index in [1.54, 1.807) is 33.9 Å². The van der Waals surface area contributed by atoms with Gasteiger partial charge in [-0.05, 0) is 26.8 Å². The van der Waals surface area contributed by atoms with Gasteiger partial charge in [0.1, 0.15) is 5.60 Å². The smallest absolute Gasteiger partial charge is 0.408 e. The number of rotatable bonds is 4. The van der Waals surface area contributed by atoms with Crippen molar-refractivity contribution in [2.24, 2.45) is 0 Å². The monoisotopic (exact) mass is 318 g/mol. The zero-order valence-corrected chi connectivity index (χ0v) is 13.8. The van der Waals surface area contributed by atoms with Crippen molar-refractivity contribution in [3.63, 3.8) is 0 Å². The molecule has 0 aliphatic rings. The summed E-state index contributed by atoms with van der Waals surface area (Å²) in [6, 6.07) is 8.60. The number of ether oxygens (including phenoxy) is 2. The number of hydrogen-bond donors (Lipinski definition) is 2. The minimum absolute atomic E-state index is 0.267. The average Bonchev–Trinajstić information content (AvgIpc) is 2.50. The van der Waals surface area contributed by atoms with Gasteiger partial charge >= 0.3 is 6.09 Å². The van der Waals surface area contributed by atoms with E-state index in [2.05, 4.69) is 10.3 Å². The van der Waals surface area contributed by atoms with Crippen LogP contribution in [-0.4, -0.2) is 35.5 Å². The number of alkyl carbamates (subject to hydrolysis) is 1. The number of benzene rings is 1. The SMILES string of the molecule is COc1ccc2cccc([C@@H](CO)NC(=O)OC(C)(C)C)c2n1. The summed E-state index contributed by atoms with van der Waals surface area (Å²) in [6.07, 6.45) is -0.587.